The third-order valence-electron chi connectivity index (χ3n) is 3.12. The Balaban J connectivity index is 1.79. The van der Waals surface area contributed by atoms with Gasteiger partial charge in [-0.1, -0.05) is 23.7 Å². The number of rotatable bonds is 2. The lowest BCUT2D eigenvalue weighted by Gasteiger charge is -2.40. The van der Waals surface area contributed by atoms with Crippen LogP contribution in [0.25, 0.3) is 0 Å². The highest BCUT2D eigenvalue weighted by atomic mass is 35.5. The molecule has 4 nitrogen and oxygen atoms in total. The van der Waals surface area contributed by atoms with Crippen LogP contribution in [0.4, 0.5) is 0 Å². The van der Waals surface area contributed by atoms with E-state index in [1.54, 1.807) is 0 Å². The Hall–Kier alpha value is -1.46. The molecule has 0 spiro atoms. The van der Waals surface area contributed by atoms with Crippen molar-refractivity contribution in [2.24, 2.45) is 0 Å². The first-order chi connectivity index (χ1) is 8.75. The number of carbonyl (C=O) groups excluding carboxylic acids is 1. The van der Waals surface area contributed by atoms with Crippen LogP contribution in [0.1, 0.15) is 28.5 Å². The molecule has 3 rings (SSSR count). The molecular formula is C12H10ClN3OS. The molecule has 18 heavy (non-hydrogen) atoms. The fourth-order valence-corrected chi connectivity index (χ4v) is 2.60. The fourth-order valence-electron chi connectivity index (χ4n) is 2.07. The Bertz CT molecular complexity index is 555. The molecule has 1 unspecified atom stereocenters. The molecule has 0 radical (unpaired) electrons. The Labute approximate surface area is 114 Å². The number of hydrogen-bond acceptors (Lipinski definition) is 4. The normalized spacial score (nSPS) is 18.5. The van der Waals surface area contributed by atoms with Gasteiger partial charge in [-0.05, 0) is 24.1 Å². The number of benzene rings is 1. The number of likely N-dealkylation sites (tertiary alicyclic amines) is 1. The van der Waals surface area contributed by atoms with E-state index in [2.05, 4.69) is 8.75 Å². The molecule has 0 N–H and O–H groups in total. The third kappa shape index (κ3) is 2.00. The van der Waals surface area contributed by atoms with E-state index in [0.29, 0.717) is 10.7 Å². The van der Waals surface area contributed by atoms with Crippen LogP contribution in [0.5, 0.6) is 0 Å². The maximum absolute atomic E-state index is 12.1. The highest BCUT2D eigenvalue weighted by Crippen LogP contribution is 2.34. The number of carbonyl (C=O) groups is 1. The van der Waals surface area contributed by atoms with Crippen LogP contribution in [-0.4, -0.2) is 26.1 Å². The highest BCUT2D eigenvalue weighted by Gasteiger charge is 2.34. The summed E-state index contributed by atoms with van der Waals surface area (Å²) in [5, 5.41) is 0.708. The summed E-state index contributed by atoms with van der Waals surface area (Å²) in [6.07, 6.45) is 2.50. The molecule has 1 saturated heterocycles. The van der Waals surface area contributed by atoms with Gasteiger partial charge in [0, 0.05) is 11.6 Å². The lowest BCUT2D eigenvalue weighted by Crippen LogP contribution is -2.45. The zero-order valence-electron chi connectivity index (χ0n) is 9.41. The van der Waals surface area contributed by atoms with Crippen LogP contribution >= 0.6 is 23.3 Å². The van der Waals surface area contributed by atoms with Crippen molar-refractivity contribution < 1.29 is 4.79 Å². The summed E-state index contributed by atoms with van der Waals surface area (Å²) in [7, 11) is 0. The fraction of sp³-hybridized carbons (Fsp3) is 0.250. The summed E-state index contributed by atoms with van der Waals surface area (Å²) in [6, 6.07) is 7.76. The van der Waals surface area contributed by atoms with Gasteiger partial charge in [0.2, 0.25) is 0 Å². The van der Waals surface area contributed by atoms with Gasteiger partial charge in [0.05, 0.1) is 24.0 Å². The Morgan fingerprint density at radius 1 is 1.39 bits per heavy atom. The Morgan fingerprint density at radius 2 is 2.17 bits per heavy atom. The van der Waals surface area contributed by atoms with Crippen molar-refractivity contribution >= 4 is 29.2 Å². The molecule has 2 aromatic rings. The first-order valence-electron chi connectivity index (χ1n) is 5.60. The molecule has 6 heteroatoms. The Kier molecular flexibility index (Phi) is 3.01. The maximum Gasteiger partial charge on any atom is 0.275 e. The highest BCUT2D eigenvalue weighted by molar-refractivity contribution is 6.99. The van der Waals surface area contributed by atoms with Gasteiger partial charge < -0.3 is 4.90 Å². The molecular weight excluding hydrogens is 270 g/mol. The van der Waals surface area contributed by atoms with Gasteiger partial charge in [-0.25, -0.2) is 0 Å². The molecule has 0 saturated carbocycles. The summed E-state index contributed by atoms with van der Waals surface area (Å²) < 4.78 is 7.84. The molecule has 1 aromatic carbocycles. The molecule has 1 aromatic heterocycles. The van der Waals surface area contributed by atoms with E-state index in [-0.39, 0.29) is 11.9 Å². The van der Waals surface area contributed by atoms with Crippen molar-refractivity contribution in [3.8, 4) is 0 Å². The predicted molar refractivity (Wildman–Crippen MR) is 69.8 cm³/mol. The monoisotopic (exact) mass is 279 g/mol. The SMILES string of the molecule is O=C(c1cnsn1)N1CCC1c1ccc(Cl)cc1. The van der Waals surface area contributed by atoms with Gasteiger partial charge in [0.25, 0.3) is 5.91 Å². The van der Waals surface area contributed by atoms with Crippen LogP contribution < -0.4 is 0 Å². The standard InChI is InChI=1S/C12H10ClN3OS/c13-9-3-1-8(2-4-9)11-5-6-16(11)12(17)10-7-14-18-15-10/h1-4,7,11H,5-6H2. The van der Waals surface area contributed by atoms with Gasteiger partial charge in [-0.3, -0.25) is 4.79 Å². The third-order valence-corrected chi connectivity index (χ3v) is 3.85. The average molecular weight is 280 g/mol. The van der Waals surface area contributed by atoms with E-state index in [1.807, 2.05) is 29.2 Å². The van der Waals surface area contributed by atoms with Crippen molar-refractivity contribution in [3.05, 3.63) is 46.7 Å². The van der Waals surface area contributed by atoms with Crippen molar-refractivity contribution in [1.82, 2.24) is 13.6 Å². The zero-order valence-corrected chi connectivity index (χ0v) is 11.0. The van der Waals surface area contributed by atoms with Gasteiger partial charge in [-0.2, -0.15) is 8.75 Å². The van der Waals surface area contributed by atoms with Crippen molar-refractivity contribution in [1.29, 1.82) is 0 Å². The summed E-state index contributed by atoms with van der Waals surface area (Å²) in [5.41, 5.74) is 1.54. The molecule has 1 aliphatic heterocycles. The lowest BCUT2D eigenvalue weighted by atomic mass is 9.94. The first-order valence-corrected chi connectivity index (χ1v) is 6.70. The van der Waals surface area contributed by atoms with E-state index >= 15 is 0 Å². The number of nitrogens with zero attached hydrogens (tertiary/aromatic N) is 3. The second-order valence-corrected chi connectivity index (χ2v) is 5.14. The lowest BCUT2D eigenvalue weighted by molar-refractivity contribution is 0.0455. The second-order valence-electron chi connectivity index (χ2n) is 4.15. The van der Waals surface area contributed by atoms with Crippen LogP contribution in [0.2, 0.25) is 5.02 Å². The van der Waals surface area contributed by atoms with E-state index < -0.39 is 0 Å². The second kappa shape index (κ2) is 4.66. The van der Waals surface area contributed by atoms with Crippen molar-refractivity contribution in [3.63, 3.8) is 0 Å². The number of aromatic nitrogens is 2. The number of halogens is 1. The van der Waals surface area contributed by atoms with Gasteiger partial charge in [-0.15, -0.1) is 0 Å². The van der Waals surface area contributed by atoms with Crippen LogP contribution in [0.15, 0.2) is 30.5 Å². The molecule has 1 atom stereocenters. The minimum Gasteiger partial charge on any atom is -0.330 e. The van der Waals surface area contributed by atoms with E-state index in [4.69, 9.17) is 11.6 Å². The topological polar surface area (TPSA) is 46.1 Å². The molecule has 92 valence electrons. The smallest absolute Gasteiger partial charge is 0.275 e. The van der Waals surface area contributed by atoms with Crippen LogP contribution in [0.3, 0.4) is 0 Å². The zero-order chi connectivity index (χ0) is 12.5. The Morgan fingerprint density at radius 3 is 2.72 bits per heavy atom. The van der Waals surface area contributed by atoms with Gasteiger partial charge in [0.15, 0.2) is 5.69 Å². The van der Waals surface area contributed by atoms with E-state index in [9.17, 15) is 4.79 Å². The quantitative estimate of drug-likeness (QED) is 0.849. The largest absolute Gasteiger partial charge is 0.330 e. The average Bonchev–Trinajstić information content (AvgIpc) is 2.84. The predicted octanol–water partition coefficient (Wildman–Crippen LogP) is 2.78. The molecule has 0 aliphatic carbocycles. The number of hydrogen-bond donors (Lipinski definition) is 0. The van der Waals surface area contributed by atoms with Crippen molar-refractivity contribution in [2.45, 2.75) is 12.5 Å². The summed E-state index contributed by atoms with van der Waals surface area (Å²) in [4.78, 5) is 14.0. The molecule has 1 amide bonds. The maximum atomic E-state index is 12.1. The molecule has 0 bridgehead atoms. The first kappa shape index (κ1) is 11.6. The van der Waals surface area contributed by atoms with Crippen LogP contribution in [-0.2, 0) is 0 Å². The van der Waals surface area contributed by atoms with Gasteiger partial charge >= 0.3 is 0 Å². The molecule has 1 aliphatic rings. The van der Waals surface area contributed by atoms with E-state index in [0.717, 1.165) is 30.3 Å². The minimum atomic E-state index is -0.0463. The van der Waals surface area contributed by atoms with Gasteiger partial charge in [0.1, 0.15) is 0 Å². The number of amides is 1. The summed E-state index contributed by atoms with van der Waals surface area (Å²) in [5.74, 6) is -0.0463. The minimum absolute atomic E-state index is 0.0463. The van der Waals surface area contributed by atoms with Crippen molar-refractivity contribution in [2.75, 3.05) is 6.54 Å². The van der Waals surface area contributed by atoms with Crippen LogP contribution in [0, 0.1) is 0 Å². The molecule has 1 fully saturated rings. The molecule has 2 heterocycles. The summed E-state index contributed by atoms with van der Waals surface area (Å²) in [6.45, 7) is 0.768. The van der Waals surface area contributed by atoms with E-state index in [1.165, 1.54) is 6.20 Å². The summed E-state index contributed by atoms with van der Waals surface area (Å²) >= 11 is 6.91.